The molecule has 0 spiro atoms. The van der Waals surface area contributed by atoms with Crippen LogP contribution in [0.25, 0.3) is 10.8 Å². The molecular weight excluding hydrogens is 491 g/mol. The van der Waals surface area contributed by atoms with E-state index in [1.807, 2.05) is 0 Å². The lowest BCUT2D eigenvalue weighted by Gasteiger charge is -2.15. The third-order valence-corrected chi connectivity index (χ3v) is 8.40. The van der Waals surface area contributed by atoms with Crippen LogP contribution in [0.3, 0.4) is 0 Å². The summed E-state index contributed by atoms with van der Waals surface area (Å²) < 4.78 is 56.6. The summed E-state index contributed by atoms with van der Waals surface area (Å²) in [5.41, 5.74) is 0.558. The second-order valence-electron chi connectivity index (χ2n) is 6.78. The number of hydrogen-bond acceptors (Lipinski definition) is 4. The molecule has 0 unspecified atom stereocenters. The molecule has 0 fully saturated rings. The molecule has 4 aromatic carbocycles. The molecule has 6 nitrogen and oxygen atoms in total. The first-order chi connectivity index (χ1) is 15.2. The Hall–Kier alpha value is -2.78. The summed E-state index contributed by atoms with van der Waals surface area (Å²) in [6.07, 6.45) is 0. The second kappa shape index (κ2) is 8.63. The van der Waals surface area contributed by atoms with Crippen molar-refractivity contribution in [1.82, 2.24) is 0 Å². The zero-order chi connectivity index (χ0) is 22.9. The fraction of sp³-hybridized carbons (Fsp3) is 0. The van der Waals surface area contributed by atoms with Crippen LogP contribution in [0.5, 0.6) is 0 Å². The number of nitrogens with one attached hydrogen (secondary N) is 2. The molecule has 0 aromatic heterocycles. The Morgan fingerprint density at radius 3 is 1.22 bits per heavy atom. The molecule has 164 valence electrons. The number of halogens is 2. The van der Waals surface area contributed by atoms with E-state index < -0.39 is 20.0 Å². The quantitative estimate of drug-likeness (QED) is 0.348. The maximum absolute atomic E-state index is 12.9. The lowest BCUT2D eigenvalue weighted by Crippen LogP contribution is -2.15. The van der Waals surface area contributed by atoms with Gasteiger partial charge in [-0.2, -0.15) is 0 Å². The average molecular weight is 507 g/mol. The van der Waals surface area contributed by atoms with Crippen LogP contribution in [0.4, 0.5) is 11.4 Å². The highest BCUT2D eigenvalue weighted by Gasteiger charge is 2.21. The molecule has 0 saturated heterocycles. The summed E-state index contributed by atoms with van der Waals surface area (Å²) in [7, 11) is -7.94. The SMILES string of the molecule is O=S(=O)(Nc1ccc(NS(=O)(=O)c2ccccc2Cl)c2ccccc12)c1ccccc1Cl. The maximum atomic E-state index is 12.9. The molecule has 0 radical (unpaired) electrons. The molecule has 0 amide bonds. The van der Waals surface area contributed by atoms with E-state index in [4.69, 9.17) is 23.2 Å². The minimum atomic E-state index is -3.97. The third kappa shape index (κ3) is 4.40. The number of anilines is 2. The Balaban J connectivity index is 1.76. The molecule has 10 heteroatoms. The molecule has 0 aliphatic carbocycles. The van der Waals surface area contributed by atoms with Gasteiger partial charge in [-0.3, -0.25) is 9.44 Å². The van der Waals surface area contributed by atoms with Gasteiger partial charge in [-0.1, -0.05) is 71.7 Å². The van der Waals surface area contributed by atoms with Gasteiger partial charge in [0.05, 0.1) is 21.4 Å². The number of hydrogen-bond donors (Lipinski definition) is 2. The molecule has 32 heavy (non-hydrogen) atoms. The van der Waals surface area contributed by atoms with Crippen LogP contribution in [-0.2, 0) is 20.0 Å². The lowest BCUT2D eigenvalue weighted by molar-refractivity contribution is 0.599. The summed E-state index contributed by atoms with van der Waals surface area (Å²) in [4.78, 5) is -0.122. The van der Waals surface area contributed by atoms with Gasteiger partial charge < -0.3 is 0 Å². The average Bonchev–Trinajstić information content (AvgIpc) is 2.75. The predicted octanol–water partition coefficient (Wildman–Crippen LogP) is 5.75. The molecule has 0 heterocycles. The monoisotopic (exact) mass is 506 g/mol. The van der Waals surface area contributed by atoms with Crippen molar-refractivity contribution in [2.45, 2.75) is 9.79 Å². The molecule has 0 aliphatic heterocycles. The maximum Gasteiger partial charge on any atom is 0.263 e. The van der Waals surface area contributed by atoms with Crippen LogP contribution < -0.4 is 9.44 Å². The molecular formula is C22H16Cl2N2O4S2. The Morgan fingerprint density at radius 2 is 0.844 bits per heavy atom. The highest BCUT2D eigenvalue weighted by Crippen LogP contribution is 2.34. The van der Waals surface area contributed by atoms with E-state index in [0.717, 1.165) is 0 Å². The van der Waals surface area contributed by atoms with Crippen LogP contribution in [0, 0.1) is 0 Å². The highest BCUT2D eigenvalue weighted by atomic mass is 35.5. The summed E-state index contributed by atoms with van der Waals surface area (Å²) in [6.45, 7) is 0. The minimum Gasteiger partial charge on any atom is -0.279 e. The highest BCUT2D eigenvalue weighted by molar-refractivity contribution is 7.93. The van der Waals surface area contributed by atoms with Gasteiger partial charge >= 0.3 is 0 Å². The van der Waals surface area contributed by atoms with Crippen LogP contribution in [-0.4, -0.2) is 16.8 Å². The van der Waals surface area contributed by atoms with Gasteiger partial charge in [0, 0.05) is 10.8 Å². The zero-order valence-electron chi connectivity index (χ0n) is 16.3. The van der Waals surface area contributed by atoms with E-state index in [0.29, 0.717) is 10.8 Å². The number of fused-ring (bicyclic) bond motifs is 1. The topological polar surface area (TPSA) is 92.3 Å². The van der Waals surface area contributed by atoms with Crippen LogP contribution in [0.1, 0.15) is 0 Å². The molecule has 0 atom stereocenters. The molecule has 0 bridgehead atoms. The van der Waals surface area contributed by atoms with Crippen molar-refractivity contribution >= 4 is 65.4 Å². The third-order valence-electron chi connectivity index (χ3n) is 4.67. The van der Waals surface area contributed by atoms with Gasteiger partial charge in [0.25, 0.3) is 20.0 Å². The van der Waals surface area contributed by atoms with E-state index in [9.17, 15) is 16.8 Å². The van der Waals surface area contributed by atoms with E-state index in [1.165, 1.54) is 36.4 Å². The first-order valence-electron chi connectivity index (χ1n) is 9.25. The summed E-state index contributed by atoms with van der Waals surface area (Å²) in [5.74, 6) is 0. The summed E-state index contributed by atoms with van der Waals surface area (Å²) in [5, 5.41) is 1.19. The van der Waals surface area contributed by atoms with Gasteiger partial charge in [0.1, 0.15) is 9.79 Å². The molecule has 4 rings (SSSR count). The van der Waals surface area contributed by atoms with Crippen molar-refractivity contribution in [2.24, 2.45) is 0 Å². The van der Waals surface area contributed by atoms with Crippen LogP contribution in [0.15, 0.2) is 94.7 Å². The Bertz CT molecular complexity index is 1420. The fourth-order valence-corrected chi connectivity index (χ4v) is 6.40. The van der Waals surface area contributed by atoms with Crippen molar-refractivity contribution in [3.8, 4) is 0 Å². The predicted molar refractivity (Wildman–Crippen MR) is 128 cm³/mol. The van der Waals surface area contributed by atoms with Gasteiger partial charge in [0.2, 0.25) is 0 Å². The molecule has 4 aromatic rings. The molecule has 0 saturated carbocycles. The second-order valence-corrected chi connectivity index (χ2v) is 10.9. The van der Waals surface area contributed by atoms with Gasteiger partial charge in [-0.15, -0.1) is 0 Å². The van der Waals surface area contributed by atoms with Gasteiger partial charge in [0.15, 0.2) is 0 Å². The fourth-order valence-electron chi connectivity index (χ4n) is 3.20. The van der Waals surface area contributed by atoms with Crippen LogP contribution in [0.2, 0.25) is 10.0 Å². The normalized spacial score (nSPS) is 11.9. The number of benzene rings is 4. The minimum absolute atomic E-state index is 0.0609. The van der Waals surface area contributed by atoms with Crippen molar-refractivity contribution in [1.29, 1.82) is 0 Å². The number of sulfonamides is 2. The zero-order valence-corrected chi connectivity index (χ0v) is 19.4. The molecule has 0 aliphatic rings. The van der Waals surface area contributed by atoms with E-state index in [2.05, 4.69) is 9.44 Å². The Labute approximate surface area is 195 Å². The smallest absolute Gasteiger partial charge is 0.263 e. The van der Waals surface area contributed by atoms with Gasteiger partial charge in [-0.25, -0.2) is 16.8 Å². The van der Waals surface area contributed by atoms with Crippen molar-refractivity contribution in [3.63, 3.8) is 0 Å². The first-order valence-corrected chi connectivity index (χ1v) is 13.0. The standard InChI is InChI=1S/C22H16Cl2N2O4S2/c23-17-9-3-5-11-21(17)31(27,28)25-19-13-14-20(16-8-2-1-7-15(16)19)26-32(29,30)22-12-6-4-10-18(22)24/h1-14,25-26H. The first kappa shape index (κ1) is 22.4. The summed E-state index contributed by atoms with van der Waals surface area (Å²) >= 11 is 12.1. The van der Waals surface area contributed by atoms with Crippen molar-refractivity contribution in [2.75, 3.05) is 9.44 Å². The number of rotatable bonds is 6. The van der Waals surface area contributed by atoms with Crippen LogP contribution >= 0.6 is 23.2 Å². The largest absolute Gasteiger partial charge is 0.279 e. The van der Waals surface area contributed by atoms with Crippen molar-refractivity contribution < 1.29 is 16.8 Å². The van der Waals surface area contributed by atoms with Crippen molar-refractivity contribution in [3.05, 3.63) is 95.0 Å². The van der Waals surface area contributed by atoms with E-state index in [-0.39, 0.29) is 31.2 Å². The Kier molecular flexibility index (Phi) is 6.05. The van der Waals surface area contributed by atoms with E-state index >= 15 is 0 Å². The Morgan fingerprint density at radius 1 is 0.500 bits per heavy atom. The van der Waals surface area contributed by atoms with E-state index in [1.54, 1.807) is 48.5 Å². The molecule has 2 N–H and O–H groups in total. The van der Waals surface area contributed by atoms with Gasteiger partial charge in [-0.05, 0) is 36.4 Å². The lowest BCUT2D eigenvalue weighted by atomic mass is 10.1. The summed E-state index contributed by atoms with van der Waals surface area (Å²) in [6, 6.07) is 22.0.